The summed E-state index contributed by atoms with van der Waals surface area (Å²) in [5, 5.41) is 4.73. The Labute approximate surface area is 180 Å². The van der Waals surface area contributed by atoms with E-state index in [1.807, 2.05) is 24.4 Å². The van der Waals surface area contributed by atoms with Gasteiger partial charge in [0.15, 0.2) is 5.13 Å². The summed E-state index contributed by atoms with van der Waals surface area (Å²) in [6.45, 7) is 6.49. The predicted molar refractivity (Wildman–Crippen MR) is 118 cm³/mol. The van der Waals surface area contributed by atoms with E-state index in [-0.39, 0.29) is 5.91 Å². The Kier molecular flexibility index (Phi) is 7.35. The number of rotatable bonds is 9. The second-order valence-electron chi connectivity index (χ2n) is 6.79. The lowest BCUT2D eigenvalue weighted by atomic mass is 10.1. The average Bonchev–Trinajstić information content (AvgIpc) is 3.41. The van der Waals surface area contributed by atoms with E-state index in [2.05, 4.69) is 17.0 Å². The number of benzene rings is 1. The number of anilines is 1. The number of aromatic nitrogens is 3. The number of nitrogens with zero attached hydrogens (tertiary/aromatic N) is 4. The zero-order chi connectivity index (χ0) is 21.5. The van der Waals surface area contributed by atoms with Crippen molar-refractivity contribution in [1.82, 2.24) is 14.8 Å². The average molecular weight is 427 g/mol. The lowest BCUT2D eigenvalue weighted by Crippen LogP contribution is -2.32. The summed E-state index contributed by atoms with van der Waals surface area (Å²) in [4.78, 5) is 32.1. The molecule has 3 aromatic rings. The first kappa shape index (κ1) is 21.7. The number of aryl methyl sites for hydroxylation is 1. The van der Waals surface area contributed by atoms with Gasteiger partial charge in [-0.25, -0.2) is 14.5 Å². The number of hydrogen-bond donors (Lipinski definition) is 0. The highest BCUT2D eigenvalue weighted by Gasteiger charge is 2.24. The van der Waals surface area contributed by atoms with Crippen LogP contribution in [0.25, 0.3) is 5.69 Å². The smallest absolute Gasteiger partial charge is 0.350 e. The molecule has 8 heteroatoms. The maximum absolute atomic E-state index is 13.3. The van der Waals surface area contributed by atoms with Gasteiger partial charge in [-0.15, -0.1) is 0 Å². The minimum Gasteiger partial charge on any atom is -0.462 e. The minimum atomic E-state index is -0.400. The number of esters is 1. The summed E-state index contributed by atoms with van der Waals surface area (Å²) in [5.74, 6) is -0.537. The molecule has 0 atom stereocenters. The molecule has 2 aromatic heterocycles. The van der Waals surface area contributed by atoms with Gasteiger partial charge in [0.2, 0.25) is 0 Å². The van der Waals surface area contributed by atoms with E-state index >= 15 is 0 Å². The van der Waals surface area contributed by atoms with E-state index in [1.165, 1.54) is 11.3 Å². The van der Waals surface area contributed by atoms with Crippen molar-refractivity contribution in [3.63, 3.8) is 0 Å². The number of thiazole rings is 1. The quantitative estimate of drug-likeness (QED) is 0.368. The molecular weight excluding hydrogens is 400 g/mol. The molecule has 7 nitrogen and oxygen atoms in total. The largest absolute Gasteiger partial charge is 0.462 e. The highest BCUT2D eigenvalue weighted by Crippen LogP contribution is 2.28. The maximum Gasteiger partial charge on any atom is 0.350 e. The Hall–Kier alpha value is -3.00. The van der Waals surface area contributed by atoms with Crippen LogP contribution in [0.3, 0.4) is 0 Å². The van der Waals surface area contributed by atoms with Gasteiger partial charge in [-0.1, -0.05) is 31.1 Å². The van der Waals surface area contributed by atoms with Gasteiger partial charge in [-0.2, -0.15) is 5.10 Å². The van der Waals surface area contributed by atoms with E-state index in [4.69, 9.17) is 4.74 Å². The highest BCUT2D eigenvalue weighted by atomic mass is 32.1. The maximum atomic E-state index is 13.3. The van der Waals surface area contributed by atoms with E-state index in [0.29, 0.717) is 34.4 Å². The van der Waals surface area contributed by atoms with E-state index < -0.39 is 5.97 Å². The van der Waals surface area contributed by atoms with Crippen LogP contribution in [0, 0.1) is 6.92 Å². The number of hydrogen-bond acceptors (Lipinski definition) is 6. The molecule has 0 aliphatic heterocycles. The van der Waals surface area contributed by atoms with Crippen LogP contribution >= 0.6 is 11.3 Å². The third kappa shape index (κ3) is 4.94. The van der Waals surface area contributed by atoms with Gasteiger partial charge in [-0.3, -0.25) is 9.69 Å². The molecular formula is C22H26N4O3S. The summed E-state index contributed by atoms with van der Waals surface area (Å²) < 4.78 is 6.85. The molecule has 158 valence electrons. The molecule has 3 rings (SSSR count). The fraction of sp³-hybridized carbons (Fsp3) is 0.364. The molecule has 0 fully saturated rings. The lowest BCUT2D eigenvalue weighted by Gasteiger charge is -2.20. The minimum absolute atomic E-state index is 0.137. The first-order valence-corrected chi connectivity index (χ1v) is 10.9. The molecule has 0 N–H and O–H groups in total. The predicted octanol–water partition coefficient (Wildman–Crippen LogP) is 4.65. The summed E-state index contributed by atoms with van der Waals surface area (Å²) >= 11 is 1.20. The first-order chi connectivity index (χ1) is 14.5. The standard InChI is InChI=1S/C22H26N4O3S/c1-4-6-7-14-25(22-24-16(3)19(30-22)21(28)29-5-2)20(27)17-9-11-18(12-10-17)26-15-8-13-23-26/h8-13,15H,4-7,14H2,1-3H3. The number of unbranched alkanes of at least 4 members (excludes halogenated alkanes) is 2. The molecule has 0 spiro atoms. The van der Waals surface area contributed by atoms with E-state index in [9.17, 15) is 9.59 Å². The second kappa shape index (κ2) is 10.2. The Morgan fingerprint density at radius 3 is 2.57 bits per heavy atom. The molecule has 30 heavy (non-hydrogen) atoms. The molecule has 1 aromatic carbocycles. The summed E-state index contributed by atoms with van der Waals surface area (Å²) in [5.41, 5.74) is 2.02. The third-order valence-corrected chi connectivity index (χ3v) is 5.75. The first-order valence-electron chi connectivity index (χ1n) is 10.1. The van der Waals surface area contributed by atoms with Crippen molar-refractivity contribution in [3.8, 4) is 5.69 Å². The number of carbonyl (C=O) groups is 2. The van der Waals surface area contributed by atoms with Crippen LogP contribution in [0.4, 0.5) is 5.13 Å². The van der Waals surface area contributed by atoms with Crippen molar-refractivity contribution in [2.24, 2.45) is 0 Å². The third-order valence-electron chi connectivity index (χ3n) is 4.59. The van der Waals surface area contributed by atoms with Crippen molar-refractivity contribution < 1.29 is 14.3 Å². The Bertz CT molecular complexity index is 980. The van der Waals surface area contributed by atoms with Crippen LogP contribution < -0.4 is 4.90 Å². The van der Waals surface area contributed by atoms with Crippen LogP contribution in [-0.2, 0) is 4.74 Å². The van der Waals surface area contributed by atoms with E-state index in [0.717, 1.165) is 24.9 Å². The normalized spacial score (nSPS) is 10.8. The van der Waals surface area contributed by atoms with Crippen LogP contribution in [0.15, 0.2) is 42.7 Å². The van der Waals surface area contributed by atoms with Gasteiger partial charge in [0.05, 0.1) is 18.0 Å². The fourth-order valence-corrected chi connectivity index (χ4v) is 4.01. The molecule has 0 saturated carbocycles. The zero-order valence-electron chi connectivity index (χ0n) is 17.5. The van der Waals surface area contributed by atoms with Crippen molar-refractivity contribution in [1.29, 1.82) is 0 Å². The monoisotopic (exact) mass is 426 g/mol. The van der Waals surface area contributed by atoms with Crippen LogP contribution in [0.2, 0.25) is 0 Å². The van der Waals surface area contributed by atoms with Crippen LogP contribution in [-0.4, -0.2) is 39.8 Å². The van der Waals surface area contributed by atoms with Crippen LogP contribution in [0.1, 0.15) is 58.8 Å². The molecule has 2 heterocycles. The van der Waals surface area contributed by atoms with Crippen molar-refractivity contribution in [2.45, 2.75) is 40.0 Å². The summed E-state index contributed by atoms with van der Waals surface area (Å²) in [6, 6.07) is 9.15. The molecule has 0 bridgehead atoms. The Morgan fingerprint density at radius 1 is 1.17 bits per heavy atom. The molecule has 0 unspecified atom stereocenters. The van der Waals surface area contributed by atoms with Crippen LogP contribution in [0.5, 0.6) is 0 Å². The van der Waals surface area contributed by atoms with Gasteiger partial charge in [0.1, 0.15) is 4.88 Å². The molecule has 0 saturated heterocycles. The highest BCUT2D eigenvalue weighted by molar-refractivity contribution is 7.17. The van der Waals surface area contributed by atoms with E-state index in [1.54, 1.807) is 41.8 Å². The molecule has 0 aliphatic rings. The summed E-state index contributed by atoms with van der Waals surface area (Å²) in [6.07, 6.45) is 6.48. The topological polar surface area (TPSA) is 77.3 Å². The Morgan fingerprint density at radius 2 is 1.93 bits per heavy atom. The molecule has 1 amide bonds. The van der Waals surface area contributed by atoms with Gasteiger partial charge in [0, 0.05) is 24.5 Å². The molecule has 0 aliphatic carbocycles. The van der Waals surface area contributed by atoms with Gasteiger partial charge >= 0.3 is 5.97 Å². The Balaban J connectivity index is 1.87. The fourth-order valence-electron chi connectivity index (χ4n) is 3.02. The van der Waals surface area contributed by atoms with Gasteiger partial charge in [-0.05, 0) is 50.6 Å². The second-order valence-corrected chi connectivity index (χ2v) is 7.77. The molecule has 0 radical (unpaired) electrons. The SMILES string of the molecule is CCCCCN(C(=O)c1ccc(-n2cccn2)cc1)c1nc(C)c(C(=O)OCC)s1. The zero-order valence-corrected chi connectivity index (χ0v) is 18.3. The number of amides is 1. The lowest BCUT2D eigenvalue weighted by molar-refractivity contribution is 0.0531. The van der Waals surface area contributed by atoms with Gasteiger partial charge in [0.25, 0.3) is 5.91 Å². The van der Waals surface area contributed by atoms with Crippen molar-refractivity contribution in [2.75, 3.05) is 18.1 Å². The van der Waals surface area contributed by atoms with Gasteiger partial charge < -0.3 is 4.74 Å². The van der Waals surface area contributed by atoms with Crippen molar-refractivity contribution in [3.05, 3.63) is 58.9 Å². The number of ether oxygens (including phenoxy) is 1. The summed E-state index contributed by atoms with van der Waals surface area (Å²) in [7, 11) is 0. The number of carbonyl (C=O) groups excluding carboxylic acids is 2. The van der Waals surface area contributed by atoms with Crippen molar-refractivity contribution >= 4 is 28.3 Å².